The van der Waals surface area contributed by atoms with Crippen molar-refractivity contribution < 1.29 is 19.1 Å². The Balaban J connectivity index is 1.86. The van der Waals surface area contributed by atoms with Gasteiger partial charge in [0.1, 0.15) is 5.82 Å². The van der Waals surface area contributed by atoms with Gasteiger partial charge in [-0.25, -0.2) is 4.39 Å². The summed E-state index contributed by atoms with van der Waals surface area (Å²) < 4.78 is 13.6. The molecule has 1 unspecified atom stereocenters. The lowest BCUT2D eigenvalue weighted by Gasteiger charge is -2.19. The van der Waals surface area contributed by atoms with Crippen molar-refractivity contribution in [2.75, 3.05) is 6.54 Å². The third kappa shape index (κ3) is 2.21. The van der Waals surface area contributed by atoms with Gasteiger partial charge in [0, 0.05) is 5.56 Å². The molecule has 0 saturated carbocycles. The topological polar surface area (TPSA) is 57.6 Å². The molecule has 2 aromatic carbocycles. The third-order valence-corrected chi connectivity index (χ3v) is 3.50. The van der Waals surface area contributed by atoms with E-state index < -0.39 is 23.7 Å². The number of carbonyl (C=O) groups is 2. The van der Waals surface area contributed by atoms with Crippen LogP contribution in [0.2, 0.25) is 0 Å². The van der Waals surface area contributed by atoms with Crippen LogP contribution in [0, 0.1) is 5.82 Å². The number of imide groups is 1. The van der Waals surface area contributed by atoms with Gasteiger partial charge in [-0.15, -0.1) is 0 Å². The molecule has 1 atom stereocenters. The average molecular weight is 285 g/mol. The molecule has 106 valence electrons. The molecular formula is C16H12FNO3. The van der Waals surface area contributed by atoms with E-state index in [9.17, 15) is 19.1 Å². The molecule has 1 N–H and O–H groups in total. The normalized spacial score (nSPS) is 15.2. The summed E-state index contributed by atoms with van der Waals surface area (Å²) in [6.45, 7) is -0.271. The number of rotatable bonds is 3. The average Bonchev–Trinajstić information content (AvgIpc) is 2.73. The predicted octanol–water partition coefficient (Wildman–Crippen LogP) is 2.16. The molecule has 2 amide bonds. The number of benzene rings is 2. The molecule has 5 heteroatoms. The fourth-order valence-electron chi connectivity index (χ4n) is 2.42. The number of nitrogens with zero attached hydrogens (tertiary/aromatic N) is 1. The molecule has 1 aliphatic rings. The van der Waals surface area contributed by atoms with E-state index in [4.69, 9.17) is 0 Å². The van der Waals surface area contributed by atoms with E-state index in [1.54, 1.807) is 30.3 Å². The lowest BCUT2D eigenvalue weighted by atomic mass is 10.1. The van der Waals surface area contributed by atoms with Gasteiger partial charge >= 0.3 is 0 Å². The molecule has 0 saturated heterocycles. The highest BCUT2D eigenvalue weighted by atomic mass is 19.1. The number of aliphatic hydroxyl groups excluding tert-OH is 1. The Kier molecular flexibility index (Phi) is 3.27. The molecule has 1 heterocycles. The molecule has 0 aliphatic carbocycles. The zero-order valence-electron chi connectivity index (χ0n) is 11.0. The van der Waals surface area contributed by atoms with Crippen molar-refractivity contribution in [1.82, 2.24) is 4.90 Å². The lowest BCUT2D eigenvalue weighted by Crippen LogP contribution is -2.34. The number of amides is 2. The van der Waals surface area contributed by atoms with Crippen molar-refractivity contribution in [1.29, 1.82) is 0 Å². The van der Waals surface area contributed by atoms with Gasteiger partial charge in [0.05, 0.1) is 23.8 Å². The monoisotopic (exact) mass is 285 g/mol. The van der Waals surface area contributed by atoms with Crippen LogP contribution in [-0.2, 0) is 0 Å². The predicted molar refractivity (Wildman–Crippen MR) is 73.2 cm³/mol. The second kappa shape index (κ2) is 5.10. The van der Waals surface area contributed by atoms with Gasteiger partial charge in [0.2, 0.25) is 0 Å². The van der Waals surface area contributed by atoms with Crippen LogP contribution in [0.1, 0.15) is 32.4 Å². The van der Waals surface area contributed by atoms with Crippen molar-refractivity contribution in [3.63, 3.8) is 0 Å². The van der Waals surface area contributed by atoms with Crippen molar-refractivity contribution >= 4 is 11.8 Å². The van der Waals surface area contributed by atoms with E-state index in [0.29, 0.717) is 11.1 Å². The largest absolute Gasteiger partial charge is 0.386 e. The Bertz CT molecular complexity index is 694. The van der Waals surface area contributed by atoms with Crippen LogP contribution in [0.4, 0.5) is 4.39 Å². The van der Waals surface area contributed by atoms with Gasteiger partial charge in [-0.1, -0.05) is 30.3 Å². The van der Waals surface area contributed by atoms with Crippen LogP contribution in [0.15, 0.2) is 48.5 Å². The van der Waals surface area contributed by atoms with Gasteiger partial charge < -0.3 is 5.11 Å². The summed E-state index contributed by atoms with van der Waals surface area (Å²) in [6.07, 6.45) is -1.26. The minimum atomic E-state index is -1.26. The molecule has 3 rings (SSSR count). The lowest BCUT2D eigenvalue weighted by molar-refractivity contribution is 0.0539. The molecule has 2 aromatic rings. The van der Waals surface area contributed by atoms with Crippen molar-refractivity contribution in [3.8, 4) is 0 Å². The molecule has 0 aromatic heterocycles. The van der Waals surface area contributed by atoms with Crippen LogP contribution in [-0.4, -0.2) is 28.4 Å². The van der Waals surface area contributed by atoms with Gasteiger partial charge in [-0.05, 0) is 18.2 Å². The maximum absolute atomic E-state index is 13.6. The summed E-state index contributed by atoms with van der Waals surface area (Å²) in [5.74, 6) is -1.50. The molecule has 0 spiro atoms. The first-order valence-corrected chi connectivity index (χ1v) is 6.47. The Morgan fingerprint density at radius 3 is 2.05 bits per heavy atom. The highest BCUT2D eigenvalue weighted by Crippen LogP contribution is 2.25. The Morgan fingerprint density at radius 2 is 1.48 bits per heavy atom. The molecule has 4 nitrogen and oxygen atoms in total. The molecular weight excluding hydrogens is 273 g/mol. The minimum absolute atomic E-state index is 0.0639. The second-order valence-corrected chi connectivity index (χ2v) is 4.80. The van der Waals surface area contributed by atoms with Gasteiger partial charge in [0.15, 0.2) is 0 Å². The first kappa shape index (κ1) is 13.5. The van der Waals surface area contributed by atoms with Crippen LogP contribution < -0.4 is 0 Å². The maximum atomic E-state index is 13.6. The Labute approximate surface area is 120 Å². The summed E-state index contributed by atoms with van der Waals surface area (Å²) in [5.41, 5.74) is 0.681. The van der Waals surface area contributed by atoms with E-state index in [1.165, 1.54) is 18.2 Å². The zero-order valence-corrected chi connectivity index (χ0v) is 11.0. The SMILES string of the molecule is O=C1c2ccccc2C(=O)N1CC(O)c1ccccc1F. The van der Waals surface area contributed by atoms with Gasteiger partial charge in [0.25, 0.3) is 11.8 Å². The summed E-state index contributed by atoms with van der Waals surface area (Å²) in [7, 11) is 0. The van der Waals surface area contributed by atoms with E-state index in [-0.39, 0.29) is 12.1 Å². The highest BCUT2D eigenvalue weighted by Gasteiger charge is 2.36. The molecule has 0 radical (unpaired) electrons. The number of carbonyl (C=O) groups excluding carboxylic acids is 2. The zero-order chi connectivity index (χ0) is 15.0. The van der Waals surface area contributed by atoms with E-state index in [2.05, 4.69) is 0 Å². The number of hydrogen-bond donors (Lipinski definition) is 1. The van der Waals surface area contributed by atoms with Crippen molar-refractivity contribution in [3.05, 3.63) is 71.0 Å². The first-order chi connectivity index (χ1) is 10.1. The summed E-state index contributed by atoms with van der Waals surface area (Å²) in [5, 5.41) is 10.1. The fourth-order valence-corrected chi connectivity index (χ4v) is 2.42. The summed E-state index contributed by atoms with van der Waals surface area (Å²) in [4.78, 5) is 25.3. The molecule has 1 aliphatic heterocycles. The first-order valence-electron chi connectivity index (χ1n) is 6.47. The number of fused-ring (bicyclic) bond motifs is 1. The van der Waals surface area contributed by atoms with Crippen LogP contribution in [0.5, 0.6) is 0 Å². The second-order valence-electron chi connectivity index (χ2n) is 4.80. The highest BCUT2D eigenvalue weighted by molar-refractivity contribution is 6.21. The molecule has 0 bridgehead atoms. The number of aliphatic hydroxyl groups is 1. The van der Waals surface area contributed by atoms with Crippen molar-refractivity contribution in [2.45, 2.75) is 6.10 Å². The summed E-state index contributed by atoms with van der Waals surface area (Å²) >= 11 is 0. The van der Waals surface area contributed by atoms with E-state index in [1.807, 2.05) is 0 Å². The third-order valence-electron chi connectivity index (χ3n) is 3.50. The van der Waals surface area contributed by atoms with Crippen LogP contribution >= 0.6 is 0 Å². The van der Waals surface area contributed by atoms with Crippen LogP contribution in [0.25, 0.3) is 0 Å². The van der Waals surface area contributed by atoms with E-state index >= 15 is 0 Å². The number of halogens is 1. The Hall–Kier alpha value is -2.53. The number of β-amino-alcohol motifs (C(OH)–C–C–N with tert-alkyl or cyclic N) is 1. The standard InChI is InChI=1S/C16H12FNO3/c17-13-8-4-3-7-12(13)14(19)9-18-15(20)10-5-1-2-6-11(10)16(18)21/h1-8,14,19H,9H2. The maximum Gasteiger partial charge on any atom is 0.261 e. The quantitative estimate of drug-likeness (QED) is 0.879. The number of hydrogen-bond acceptors (Lipinski definition) is 3. The van der Waals surface area contributed by atoms with Gasteiger partial charge in [-0.2, -0.15) is 0 Å². The van der Waals surface area contributed by atoms with Crippen molar-refractivity contribution in [2.24, 2.45) is 0 Å². The smallest absolute Gasteiger partial charge is 0.261 e. The van der Waals surface area contributed by atoms with Crippen LogP contribution in [0.3, 0.4) is 0 Å². The molecule has 21 heavy (non-hydrogen) atoms. The minimum Gasteiger partial charge on any atom is -0.386 e. The van der Waals surface area contributed by atoms with Gasteiger partial charge in [-0.3, -0.25) is 14.5 Å². The Morgan fingerprint density at radius 1 is 0.952 bits per heavy atom. The fraction of sp³-hybridized carbons (Fsp3) is 0.125. The summed E-state index contributed by atoms with van der Waals surface area (Å²) in [6, 6.07) is 12.2. The molecule has 0 fully saturated rings. The van der Waals surface area contributed by atoms with E-state index in [0.717, 1.165) is 4.90 Å².